The molecule has 1 aromatic heterocycles. The molecule has 25 heavy (non-hydrogen) atoms. The summed E-state index contributed by atoms with van der Waals surface area (Å²) in [5.41, 5.74) is 3.53. The standard InChI is InChI=1S/C18H17ClN2O3S/c1-13-3-2-4-15(11-13)21-17(12-18(19)20-21)14-5-7-16(8-6-14)25(23,24)10-9-22/h2-8,11-12,22H,9-10H2,1H3. The van der Waals surface area contributed by atoms with E-state index in [-0.39, 0.29) is 10.6 Å². The van der Waals surface area contributed by atoms with E-state index in [0.717, 1.165) is 22.5 Å². The summed E-state index contributed by atoms with van der Waals surface area (Å²) in [6.07, 6.45) is 0. The first-order chi connectivity index (χ1) is 11.9. The predicted octanol–water partition coefficient (Wildman–Crippen LogP) is 3.27. The topological polar surface area (TPSA) is 72.2 Å². The first-order valence-corrected chi connectivity index (χ1v) is 9.70. The highest BCUT2D eigenvalue weighted by atomic mass is 35.5. The van der Waals surface area contributed by atoms with Crippen molar-refractivity contribution in [1.29, 1.82) is 0 Å². The molecular weight excluding hydrogens is 360 g/mol. The van der Waals surface area contributed by atoms with Gasteiger partial charge in [-0.25, -0.2) is 13.1 Å². The molecule has 3 aromatic rings. The molecule has 2 aromatic carbocycles. The van der Waals surface area contributed by atoms with Crippen molar-refractivity contribution in [3.05, 3.63) is 65.3 Å². The Morgan fingerprint density at radius 3 is 2.48 bits per heavy atom. The normalized spacial score (nSPS) is 11.6. The van der Waals surface area contributed by atoms with Crippen molar-refractivity contribution in [2.45, 2.75) is 11.8 Å². The minimum atomic E-state index is -3.47. The van der Waals surface area contributed by atoms with E-state index in [1.165, 1.54) is 12.1 Å². The second-order valence-electron chi connectivity index (χ2n) is 5.67. The number of aliphatic hydroxyl groups is 1. The SMILES string of the molecule is Cc1cccc(-n2nc(Cl)cc2-c2ccc(S(=O)(=O)CCO)cc2)c1. The molecule has 0 aliphatic rings. The van der Waals surface area contributed by atoms with Gasteiger partial charge in [-0.3, -0.25) is 0 Å². The number of aryl methyl sites for hydroxylation is 1. The number of aliphatic hydroxyl groups excluding tert-OH is 1. The van der Waals surface area contributed by atoms with Crippen LogP contribution >= 0.6 is 11.6 Å². The Balaban J connectivity index is 2.03. The van der Waals surface area contributed by atoms with Crippen molar-refractivity contribution >= 4 is 21.4 Å². The lowest BCUT2D eigenvalue weighted by Crippen LogP contribution is -2.09. The Morgan fingerprint density at radius 2 is 1.84 bits per heavy atom. The van der Waals surface area contributed by atoms with Gasteiger partial charge in [0.05, 0.1) is 28.6 Å². The zero-order valence-electron chi connectivity index (χ0n) is 13.6. The Kier molecular flexibility index (Phi) is 4.94. The monoisotopic (exact) mass is 376 g/mol. The van der Waals surface area contributed by atoms with Gasteiger partial charge in [0, 0.05) is 11.6 Å². The van der Waals surface area contributed by atoms with Gasteiger partial charge in [0.1, 0.15) is 0 Å². The summed E-state index contributed by atoms with van der Waals surface area (Å²) in [7, 11) is -3.47. The van der Waals surface area contributed by atoms with Gasteiger partial charge in [-0.05, 0) is 36.8 Å². The molecule has 130 valence electrons. The Morgan fingerprint density at radius 1 is 1.12 bits per heavy atom. The summed E-state index contributed by atoms with van der Waals surface area (Å²) in [5, 5.41) is 13.6. The van der Waals surface area contributed by atoms with Crippen LogP contribution in [0.15, 0.2) is 59.5 Å². The number of nitrogens with zero attached hydrogens (tertiary/aromatic N) is 2. The third-order valence-corrected chi connectivity index (χ3v) is 5.69. The van der Waals surface area contributed by atoms with E-state index in [0.29, 0.717) is 5.15 Å². The van der Waals surface area contributed by atoms with Crippen LogP contribution in [0.2, 0.25) is 5.15 Å². The number of halogens is 1. The number of hydrogen-bond donors (Lipinski definition) is 1. The highest BCUT2D eigenvalue weighted by Crippen LogP contribution is 2.27. The summed E-state index contributed by atoms with van der Waals surface area (Å²) < 4.78 is 25.8. The summed E-state index contributed by atoms with van der Waals surface area (Å²) >= 11 is 6.09. The third-order valence-electron chi connectivity index (χ3n) is 3.79. The third kappa shape index (κ3) is 3.76. The quantitative estimate of drug-likeness (QED) is 0.741. The molecule has 0 spiro atoms. The number of aromatic nitrogens is 2. The lowest BCUT2D eigenvalue weighted by atomic mass is 10.1. The second kappa shape index (κ2) is 7.00. The van der Waals surface area contributed by atoms with Crippen LogP contribution in [0.1, 0.15) is 5.56 Å². The minimum absolute atomic E-state index is 0.179. The first-order valence-electron chi connectivity index (χ1n) is 7.67. The van der Waals surface area contributed by atoms with Gasteiger partial charge >= 0.3 is 0 Å². The van der Waals surface area contributed by atoms with E-state index in [2.05, 4.69) is 5.10 Å². The lowest BCUT2D eigenvalue weighted by Gasteiger charge is -2.09. The van der Waals surface area contributed by atoms with Crippen LogP contribution in [-0.4, -0.2) is 35.7 Å². The van der Waals surface area contributed by atoms with Gasteiger partial charge in [-0.15, -0.1) is 0 Å². The molecule has 0 fully saturated rings. The lowest BCUT2D eigenvalue weighted by molar-refractivity contribution is 0.319. The van der Waals surface area contributed by atoms with Crippen LogP contribution in [0.4, 0.5) is 0 Å². The van der Waals surface area contributed by atoms with Crippen LogP contribution in [0.25, 0.3) is 16.9 Å². The Labute approximate surface area is 151 Å². The zero-order valence-corrected chi connectivity index (χ0v) is 15.1. The van der Waals surface area contributed by atoms with Crippen LogP contribution < -0.4 is 0 Å². The highest BCUT2D eigenvalue weighted by molar-refractivity contribution is 7.91. The fraction of sp³-hybridized carbons (Fsp3) is 0.167. The van der Waals surface area contributed by atoms with Gasteiger partial charge < -0.3 is 5.11 Å². The Bertz CT molecular complexity index is 995. The summed E-state index contributed by atoms with van der Waals surface area (Å²) in [6.45, 7) is 1.59. The maximum atomic E-state index is 12.0. The number of sulfone groups is 1. The first kappa shape index (κ1) is 17.7. The van der Waals surface area contributed by atoms with Crippen molar-refractivity contribution < 1.29 is 13.5 Å². The van der Waals surface area contributed by atoms with Crippen LogP contribution in [0.5, 0.6) is 0 Å². The molecule has 0 aliphatic heterocycles. The summed E-state index contributed by atoms with van der Waals surface area (Å²) in [4.78, 5) is 0.179. The molecule has 0 amide bonds. The molecular formula is C18H17ClN2O3S. The summed E-state index contributed by atoms with van der Waals surface area (Å²) in [6, 6.07) is 16.1. The zero-order chi connectivity index (χ0) is 18.0. The van der Waals surface area contributed by atoms with E-state index in [1.54, 1.807) is 22.9 Å². The number of benzene rings is 2. The molecule has 0 bridgehead atoms. The molecule has 3 rings (SSSR count). The van der Waals surface area contributed by atoms with Crippen molar-refractivity contribution in [3.63, 3.8) is 0 Å². The highest BCUT2D eigenvalue weighted by Gasteiger charge is 2.15. The average Bonchev–Trinajstić information content (AvgIpc) is 2.97. The van der Waals surface area contributed by atoms with Crippen molar-refractivity contribution in [1.82, 2.24) is 9.78 Å². The van der Waals surface area contributed by atoms with Gasteiger partial charge in [0.15, 0.2) is 15.0 Å². The number of rotatable bonds is 5. The molecule has 0 radical (unpaired) electrons. The van der Waals surface area contributed by atoms with Gasteiger partial charge in [-0.1, -0.05) is 35.9 Å². The van der Waals surface area contributed by atoms with E-state index >= 15 is 0 Å². The molecule has 5 nitrogen and oxygen atoms in total. The van der Waals surface area contributed by atoms with E-state index in [4.69, 9.17) is 16.7 Å². The second-order valence-corrected chi connectivity index (χ2v) is 8.17. The van der Waals surface area contributed by atoms with E-state index in [1.807, 2.05) is 31.2 Å². The number of hydrogen-bond acceptors (Lipinski definition) is 4. The van der Waals surface area contributed by atoms with Crippen molar-refractivity contribution in [3.8, 4) is 16.9 Å². The van der Waals surface area contributed by atoms with Crippen LogP contribution in [0.3, 0.4) is 0 Å². The van der Waals surface area contributed by atoms with Crippen molar-refractivity contribution in [2.24, 2.45) is 0 Å². The fourth-order valence-electron chi connectivity index (χ4n) is 2.59. The molecule has 7 heteroatoms. The molecule has 0 saturated heterocycles. The average molecular weight is 377 g/mol. The van der Waals surface area contributed by atoms with Crippen molar-refractivity contribution in [2.75, 3.05) is 12.4 Å². The molecule has 0 saturated carbocycles. The minimum Gasteiger partial charge on any atom is -0.395 e. The molecule has 0 atom stereocenters. The van der Waals surface area contributed by atoms with Crippen LogP contribution in [-0.2, 0) is 9.84 Å². The predicted molar refractivity (Wildman–Crippen MR) is 97.9 cm³/mol. The fourth-order valence-corrected chi connectivity index (χ4v) is 3.79. The molecule has 1 heterocycles. The molecule has 0 unspecified atom stereocenters. The molecule has 1 N–H and O–H groups in total. The molecule has 0 aliphatic carbocycles. The van der Waals surface area contributed by atoms with Crippen LogP contribution in [0, 0.1) is 6.92 Å². The smallest absolute Gasteiger partial charge is 0.180 e. The summed E-state index contributed by atoms with van der Waals surface area (Å²) in [5.74, 6) is -0.292. The van der Waals surface area contributed by atoms with E-state index < -0.39 is 16.4 Å². The maximum absolute atomic E-state index is 12.0. The Hall–Kier alpha value is -2.15. The maximum Gasteiger partial charge on any atom is 0.180 e. The van der Waals surface area contributed by atoms with Gasteiger partial charge in [0.2, 0.25) is 0 Å². The van der Waals surface area contributed by atoms with E-state index in [9.17, 15) is 8.42 Å². The van der Waals surface area contributed by atoms with Gasteiger partial charge in [-0.2, -0.15) is 5.10 Å². The van der Waals surface area contributed by atoms with Gasteiger partial charge in [0.25, 0.3) is 0 Å². The largest absolute Gasteiger partial charge is 0.395 e.